The molecule has 2 aromatic carbocycles. The molecule has 3 aromatic rings. The minimum atomic E-state index is -1.61. The molecule has 4 rings (SSSR count). The summed E-state index contributed by atoms with van der Waals surface area (Å²) in [7, 11) is 0. The van der Waals surface area contributed by atoms with Crippen LogP contribution < -0.4 is 0 Å². The molecule has 0 unspecified atom stereocenters. The normalized spacial score (nSPS) is 18.5. The van der Waals surface area contributed by atoms with Gasteiger partial charge in [0.2, 0.25) is 11.7 Å². The van der Waals surface area contributed by atoms with E-state index in [4.69, 9.17) is 9.63 Å². The molecule has 36 heavy (non-hydrogen) atoms. The molecule has 0 amide bonds. The van der Waals surface area contributed by atoms with Gasteiger partial charge in [-0.15, -0.1) is 0 Å². The van der Waals surface area contributed by atoms with Crippen LogP contribution in [0.2, 0.25) is 0 Å². The van der Waals surface area contributed by atoms with E-state index in [-0.39, 0.29) is 23.7 Å². The molecule has 190 valence electrons. The summed E-state index contributed by atoms with van der Waals surface area (Å²) in [4.78, 5) is 17.0. The zero-order valence-electron chi connectivity index (χ0n) is 20.6. The Balaban J connectivity index is 1.84. The third-order valence-electron chi connectivity index (χ3n) is 6.23. The predicted octanol–water partition coefficient (Wildman–Crippen LogP) is 5.76. The van der Waals surface area contributed by atoms with Gasteiger partial charge in [0.1, 0.15) is 17.3 Å². The zero-order valence-corrected chi connectivity index (χ0v) is 20.6. The minimum absolute atomic E-state index is 0.0374. The fourth-order valence-electron chi connectivity index (χ4n) is 4.70. The van der Waals surface area contributed by atoms with Crippen LogP contribution in [0.3, 0.4) is 0 Å². The van der Waals surface area contributed by atoms with Crippen LogP contribution in [0.4, 0.5) is 13.2 Å². The lowest BCUT2D eigenvalue weighted by Gasteiger charge is -2.44. The average Bonchev–Trinajstić information content (AvgIpc) is 3.27. The van der Waals surface area contributed by atoms with Crippen LogP contribution in [0.1, 0.15) is 61.9 Å². The first-order chi connectivity index (χ1) is 17.0. The maximum absolute atomic E-state index is 15.5. The smallest absolute Gasteiger partial charge is 0.328 e. The Hall–Kier alpha value is -3.46. The van der Waals surface area contributed by atoms with Crippen LogP contribution in [-0.4, -0.2) is 44.4 Å². The molecule has 1 aromatic heterocycles. The molecular formula is C27H28F3N3O3. The van der Waals surface area contributed by atoms with Gasteiger partial charge in [0.25, 0.3) is 0 Å². The number of aryl methyl sites for hydroxylation is 1. The molecule has 2 heterocycles. The van der Waals surface area contributed by atoms with Gasteiger partial charge < -0.3 is 9.63 Å². The minimum Gasteiger partial charge on any atom is -0.478 e. The Labute approximate surface area is 207 Å². The van der Waals surface area contributed by atoms with E-state index in [9.17, 15) is 9.18 Å². The van der Waals surface area contributed by atoms with Crippen molar-refractivity contribution in [3.8, 4) is 11.4 Å². The van der Waals surface area contributed by atoms with Crippen molar-refractivity contribution in [2.24, 2.45) is 0 Å². The highest BCUT2D eigenvalue weighted by Gasteiger charge is 2.39. The largest absolute Gasteiger partial charge is 0.478 e. The van der Waals surface area contributed by atoms with Gasteiger partial charge in [-0.25, -0.2) is 18.0 Å². The Kier molecular flexibility index (Phi) is 7.04. The number of hydrogen-bond acceptors (Lipinski definition) is 5. The number of carbonyl (C=O) groups is 1. The van der Waals surface area contributed by atoms with E-state index in [1.807, 2.05) is 19.9 Å². The second-order valence-corrected chi connectivity index (χ2v) is 9.70. The summed E-state index contributed by atoms with van der Waals surface area (Å²) in [5.41, 5.74) is 0.498. The summed E-state index contributed by atoms with van der Waals surface area (Å²) < 4.78 is 51.0. The number of rotatable bonds is 7. The number of halogens is 3. The summed E-state index contributed by atoms with van der Waals surface area (Å²) in [5, 5.41) is 12.9. The van der Waals surface area contributed by atoms with Crippen LogP contribution in [0.5, 0.6) is 0 Å². The zero-order chi connectivity index (χ0) is 26.2. The number of hydrogen-bond donors (Lipinski definition) is 1. The molecule has 0 spiro atoms. The van der Waals surface area contributed by atoms with E-state index < -0.39 is 29.3 Å². The quantitative estimate of drug-likeness (QED) is 0.417. The molecule has 0 fully saturated rings. The Morgan fingerprint density at radius 1 is 1.25 bits per heavy atom. The van der Waals surface area contributed by atoms with Gasteiger partial charge in [-0.05, 0) is 68.2 Å². The maximum Gasteiger partial charge on any atom is 0.328 e. The van der Waals surface area contributed by atoms with Crippen LogP contribution in [0.25, 0.3) is 17.5 Å². The molecule has 9 heteroatoms. The standard InChI is InChI=1S/C27H28F3N3O3/c1-5-22-31-26(32-36-22)17-7-8-19-18(13-17)10-15(2)33(14-27(3,4)30)25(19)24-20(28)11-16(12-21(24)29)6-9-23(34)35/h6-9,11-13,15,25H,5,10,14H2,1-4H3,(H,34,35)/b9-6+/t15-,25+/m0/s1. The molecule has 1 aliphatic rings. The van der Waals surface area contributed by atoms with Crippen molar-refractivity contribution in [2.75, 3.05) is 6.54 Å². The molecule has 0 radical (unpaired) electrons. The first-order valence-corrected chi connectivity index (χ1v) is 11.8. The molecule has 0 saturated carbocycles. The Morgan fingerprint density at radius 2 is 1.94 bits per heavy atom. The lowest BCUT2D eigenvalue weighted by molar-refractivity contribution is -0.131. The molecule has 0 saturated heterocycles. The van der Waals surface area contributed by atoms with Crippen LogP contribution in [0.15, 0.2) is 40.9 Å². The SMILES string of the molecule is CCc1nc(-c2ccc3c(c2)C[C@H](C)N(CC(C)(C)F)[C@H]3c2c(F)cc(/C=C/C(=O)O)cc2F)no1. The summed E-state index contributed by atoms with van der Waals surface area (Å²) in [6.07, 6.45) is 3.07. The number of aromatic nitrogens is 2. The Bertz CT molecular complexity index is 1290. The molecule has 1 aliphatic heterocycles. The van der Waals surface area contributed by atoms with E-state index in [1.165, 1.54) is 13.8 Å². The summed E-state index contributed by atoms with van der Waals surface area (Å²) in [5.74, 6) is -1.96. The fourth-order valence-corrected chi connectivity index (χ4v) is 4.70. The first kappa shape index (κ1) is 25.6. The van der Waals surface area contributed by atoms with E-state index in [0.29, 0.717) is 30.1 Å². The average molecular weight is 500 g/mol. The van der Waals surface area contributed by atoms with Gasteiger partial charge in [0.15, 0.2) is 0 Å². The summed E-state index contributed by atoms with van der Waals surface area (Å²) in [6.45, 7) is 6.64. The highest BCUT2D eigenvalue weighted by atomic mass is 19.1. The second-order valence-electron chi connectivity index (χ2n) is 9.70. The van der Waals surface area contributed by atoms with Crippen molar-refractivity contribution in [3.05, 3.63) is 76.2 Å². The Morgan fingerprint density at radius 3 is 2.53 bits per heavy atom. The summed E-state index contributed by atoms with van der Waals surface area (Å²) >= 11 is 0. The molecule has 2 atom stereocenters. The van der Waals surface area contributed by atoms with E-state index >= 15 is 8.78 Å². The highest BCUT2D eigenvalue weighted by Crippen LogP contribution is 2.42. The summed E-state index contributed by atoms with van der Waals surface area (Å²) in [6, 6.07) is 6.51. The molecule has 0 aliphatic carbocycles. The van der Waals surface area contributed by atoms with Crippen molar-refractivity contribution in [1.29, 1.82) is 0 Å². The number of carboxylic acids is 1. The van der Waals surface area contributed by atoms with Crippen LogP contribution in [0, 0.1) is 11.6 Å². The number of carboxylic acid groups (broad SMARTS) is 1. The van der Waals surface area contributed by atoms with Crippen molar-refractivity contribution < 1.29 is 27.6 Å². The molecule has 1 N–H and O–H groups in total. The molecule has 6 nitrogen and oxygen atoms in total. The van der Waals surface area contributed by atoms with Gasteiger partial charge in [-0.2, -0.15) is 4.98 Å². The van der Waals surface area contributed by atoms with Crippen LogP contribution in [-0.2, 0) is 17.6 Å². The number of fused-ring (bicyclic) bond motifs is 1. The maximum atomic E-state index is 15.5. The molecular weight excluding hydrogens is 471 g/mol. The van der Waals surface area contributed by atoms with E-state index in [1.54, 1.807) is 17.0 Å². The number of nitrogens with zero attached hydrogens (tertiary/aromatic N) is 3. The second kappa shape index (κ2) is 9.89. The third-order valence-corrected chi connectivity index (χ3v) is 6.23. The van der Waals surface area contributed by atoms with Gasteiger partial charge in [0, 0.05) is 36.2 Å². The predicted molar refractivity (Wildman–Crippen MR) is 129 cm³/mol. The van der Waals surface area contributed by atoms with Gasteiger partial charge in [-0.1, -0.05) is 24.2 Å². The van der Waals surface area contributed by atoms with Gasteiger partial charge >= 0.3 is 5.97 Å². The fraction of sp³-hybridized carbons (Fsp3) is 0.370. The third kappa shape index (κ3) is 5.36. The number of aliphatic carboxylic acids is 1. The van der Waals surface area contributed by atoms with Gasteiger partial charge in [-0.3, -0.25) is 4.90 Å². The van der Waals surface area contributed by atoms with Crippen molar-refractivity contribution in [2.45, 2.75) is 58.3 Å². The lowest BCUT2D eigenvalue weighted by Crippen LogP contribution is -2.48. The van der Waals surface area contributed by atoms with Crippen molar-refractivity contribution in [3.63, 3.8) is 0 Å². The van der Waals surface area contributed by atoms with E-state index in [0.717, 1.165) is 35.4 Å². The lowest BCUT2D eigenvalue weighted by atomic mass is 9.83. The number of alkyl halides is 1. The highest BCUT2D eigenvalue weighted by molar-refractivity contribution is 5.85. The van der Waals surface area contributed by atoms with Crippen molar-refractivity contribution >= 4 is 12.0 Å². The topological polar surface area (TPSA) is 79.5 Å². The van der Waals surface area contributed by atoms with Crippen molar-refractivity contribution in [1.82, 2.24) is 15.0 Å². The van der Waals surface area contributed by atoms with Gasteiger partial charge in [0.05, 0.1) is 6.04 Å². The van der Waals surface area contributed by atoms with E-state index in [2.05, 4.69) is 10.1 Å². The van der Waals surface area contributed by atoms with Crippen LogP contribution >= 0.6 is 0 Å². The molecule has 0 bridgehead atoms. The number of benzene rings is 2. The monoisotopic (exact) mass is 499 g/mol. The first-order valence-electron chi connectivity index (χ1n) is 11.8.